The van der Waals surface area contributed by atoms with Gasteiger partial charge >= 0.3 is 0 Å². The van der Waals surface area contributed by atoms with Crippen molar-refractivity contribution in [1.82, 2.24) is 4.98 Å². The van der Waals surface area contributed by atoms with Crippen LogP contribution in [-0.2, 0) is 10.2 Å². The van der Waals surface area contributed by atoms with E-state index in [0.29, 0.717) is 6.61 Å². The highest BCUT2D eigenvalue weighted by molar-refractivity contribution is 6.01. The average Bonchev–Trinajstić information content (AvgIpc) is 3.01. The Balaban J connectivity index is 1.82. The van der Waals surface area contributed by atoms with Crippen LogP contribution in [0.25, 0.3) is 10.9 Å². The van der Waals surface area contributed by atoms with Crippen LogP contribution in [-0.4, -0.2) is 17.5 Å². The van der Waals surface area contributed by atoms with Crippen LogP contribution in [0.2, 0.25) is 0 Å². The summed E-state index contributed by atoms with van der Waals surface area (Å²) in [6.07, 6.45) is 1.92. The van der Waals surface area contributed by atoms with E-state index in [2.05, 4.69) is 10.3 Å². The number of carbonyl (C=O) groups is 1. The van der Waals surface area contributed by atoms with E-state index in [1.165, 1.54) is 0 Å². The van der Waals surface area contributed by atoms with Crippen LogP contribution in [0.5, 0.6) is 5.75 Å². The summed E-state index contributed by atoms with van der Waals surface area (Å²) in [5, 5.41) is 4.07. The van der Waals surface area contributed by atoms with Crippen molar-refractivity contribution in [1.29, 1.82) is 0 Å². The number of fused-ring (bicyclic) bond motifs is 1. The summed E-state index contributed by atoms with van der Waals surface area (Å²) in [6, 6.07) is 15.4. The van der Waals surface area contributed by atoms with Gasteiger partial charge in [0.1, 0.15) is 5.75 Å². The molecule has 3 rings (SSSR count). The van der Waals surface area contributed by atoms with Crippen molar-refractivity contribution in [3.8, 4) is 5.75 Å². The van der Waals surface area contributed by atoms with E-state index in [1.54, 1.807) is 0 Å². The van der Waals surface area contributed by atoms with Gasteiger partial charge in [0.25, 0.3) is 0 Å². The SMILES string of the molecule is CCOc1ccc(NC(=O)C(C)(C)c2c[nH]c3ccccc23)cc1. The Morgan fingerprint density at radius 3 is 2.54 bits per heavy atom. The Hall–Kier alpha value is -2.75. The van der Waals surface area contributed by atoms with Crippen molar-refractivity contribution in [3.63, 3.8) is 0 Å². The first-order valence-corrected chi connectivity index (χ1v) is 8.13. The second-order valence-electron chi connectivity index (χ2n) is 6.28. The second-order valence-corrected chi connectivity index (χ2v) is 6.28. The Morgan fingerprint density at radius 2 is 1.83 bits per heavy atom. The van der Waals surface area contributed by atoms with Gasteiger partial charge in [0.2, 0.25) is 5.91 Å². The van der Waals surface area contributed by atoms with Crippen LogP contribution in [0.4, 0.5) is 5.69 Å². The number of amides is 1. The quantitative estimate of drug-likeness (QED) is 0.727. The van der Waals surface area contributed by atoms with E-state index in [9.17, 15) is 4.79 Å². The molecule has 124 valence electrons. The lowest BCUT2D eigenvalue weighted by Gasteiger charge is -2.23. The summed E-state index contributed by atoms with van der Waals surface area (Å²) in [7, 11) is 0. The Morgan fingerprint density at radius 1 is 1.12 bits per heavy atom. The predicted molar refractivity (Wildman–Crippen MR) is 97.6 cm³/mol. The van der Waals surface area contributed by atoms with Crippen LogP contribution < -0.4 is 10.1 Å². The Kier molecular flexibility index (Phi) is 4.30. The van der Waals surface area contributed by atoms with Gasteiger partial charge in [-0.2, -0.15) is 0 Å². The molecule has 0 aliphatic heterocycles. The summed E-state index contributed by atoms with van der Waals surface area (Å²) < 4.78 is 5.42. The van der Waals surface area contributed by atoms with E-state index in [0.717, 1.165) is 27.9 Å². The molecule has 1 heterocycles. The molecule has 0 spiro atoms. The molecule has 0 atom stereocenters. The van der Waals surface area contributed by atoms with Crippen molar-refractivity contribution in [2.45, 2.75) is 26.2 Å². The molecule has 2 aromatic carbocycles. The van der Waals surface area contributed by atoms with Gasteiger partial charge in [-0.3, -0.25) is 4.79 Å². The first kappa shape index (κ1) is 16.1. The summed E-state index contributed by atoms with van der Waals surface area (Å²) in [5.74, 6) is 0.753. The van der Waals surface area contributed by atoms with Crippen LogP contribution in [0, 0.1) is 0 Å². The zero-order valence-electron chi connectivity index (χ0n) is 14.2. The first-order chi connectivity index (χ1) is 11.5. The Bertz CT molecular complexity index is 847. The Labute approximate surface area is 141 Å². The second kappa shape index (κ2) is 6.40. The molecular weight excluding hydrogens is 300 g/mol. The molecule has 1 aromatic heterocycles. The fourth-order valence-corrected chi connectivity index (χ4v) is 2.80. The molecule has 0 bridgehead atoms. The largest absolute Gasteiger partial charge is 0.494 e. The van der Waals surface area contributed by atoms with E-state index >= 15 is 0 Å². The van der Waals surface area contributed by atoms with Crippen molar-refractivity contribution < 1.29 is 9.53 Å². The normalized spacial score (nSPS) is 11.5. The lowest BCUT2D eigenvalue weighted by atomic mass is 9.83. The fourth-order valence-electron chi connectivity index (χ4n) is 2.80. The minimum atomic E-state index is -0.655. The lowest BCUT2D eigenvalue weighted by molar-refractivity contribution is -0.120. The summed E-state index contributed by atoms with van der Waals surface area (Å²) in [4.78, 5) is 16.1. The number of para-hydroxylation sites is 1. The molecular formula is C20H22N2O2. The summed E-state index contributed by atoms with van der Waals surface area (Å²) >= 11 is 0. The molecule has 0 fully saturated rings. The minimum absolute atomic E-state index is 0.0450. The van der Waals surface area contributed by atoms with Crippen molar-refractivity contribution in [2.75, 3.05) is 11.9 Å². The van der Waals surface area contributed by atoms with E-state index in [4.69, 9.17) is 4.74 Å². The first-order valence-electron chi connectivity index (χ1n) is 8.13. The van der Waals surface area contributed by atoms with Crippen LogP contribution in [0.3, 0.4) is 0 Å². The van der Waals surface area contributed by atoms with Gasteiger partial charge in [0, 0.05) is 22.8 Å². The zero-order chi connectivity index (χ0) is 17.2. The number of carbonyl (C=O) groups excluding carboxylic acids is 1. The molecule has 1 amide bonds. The fraction of sp³-hybridized carbons (Fsp3) is 0.250. The summed E-state index contributed by atoms with van der Waals surface area (Å²) in [6.45, 7) is 6.44. The maximum Gasteiger partial charge on any atom is 0.234 e. The van der Waals surface area contributed by atoms with Crippen molar-refractivity contribution in [2.24, 2.45) is 0 Å². The molecule has 0 saturated carbocycles. The van der Waals surface area contributed by atoms with Gasteiger partial charge in [-0.25, -0.2) is 0 Å². The van der Waals surface area contributed by atoms with E-state index < -0.39 is 5.41 Å². The number of aromatic amines is 1. The molecule has 2 N–H and O–H groups in total. The molecule has 4 nitrogen and oxygen atoms in total. The minimum Gasteiger partial charge on any atom is -0.494 e. The molecule has 0 aliphatic rings. The third-order valence-corrected chi connectivity index (χ3v) is 4.25. The molecule has 0 radical (unpaired) electrons. The number of anilines is 1. The smallest absolute Gasteiger partial charge is 0.234 e. The highest BCUT2D eigenvalue weighted by Crippen LogP contribution is 2.31. The topological polar surface area (TPSA) is 54.1 Å². The molecule has 0 unspecified atom stereocenters. The number of nitrogens with one attached hydrogen (secondary N) is 2. The maximum atomic E-state index is 12.8. The number of rotatable bonds is 5. The zero-order valence-corrected chi connectivity index (χ0v) is 14.2. The number of H-pyrrole nitrogens is 1. The van der Waals surface area contributed by atoms with Crippen molar-refractivity contribution in [3.05, 3.63) is 60.3 Å². The highest BCUT2D eigenvalue weighted by atomic mass is 16.5. The van der Waals surface area contributed by atoms with Gasteiger partial charge in [-0.1, -0.05) is 18.2 Å². The molecule has 0 aliphatic carbocycles. The van der Waals surface area contributed by atoms with Crippen molar-refractivity contribution >= 4 is 22.5 Å². The third kappa shape index (κ3) is 3.00. The molecule has 24 heavy (non-hydrogen) atoms. The number of benzene rings is 2. The number of hydrogen-bond acceptors (Lipinski definition) is 2. The van der Waals surface area contributed by atoms with Gasteiger partial charge in [0.15, 0.2) is 0 Å². The average molecular weight is 322 g/mol. The lowest BCUT2D eigenvalue weighted by Crippen LogP contribution is -2.34. The predicted octanol–water partition coefficient (Wildman–Crippen LogP) is 4.48. The molecule has 3 aromatic rings. The number of aromatic nitrogens is 1. The summed E-state index contributed by atoms with van der Waals surface area (Å²) in [5.41, 5.74) is 2.13. The van der Waals surface area contributed by atoms with Crippen LogP contribution in [0.15, 0.2) is 54.7 Å². The van der Waals surface area contributed by atoms with Gasteiger partial charge in [0.05, 0.1) is 12.0 Å². The monoisotopic (exact) mass is 322 g/mol. The van der Waals surface area contributed by atoms with Gasteiger partial charge in [-0.05, 0) is 56.7 Å². The van der Waals surface area contributed by atoms with Gasteiger partial charge in [-0.15, -0.1) is 0 Å². The molecule has 4 heteroatoms. The maximum absolute atomic E-state index is 12.8. The van der Waals surface area contributed by atoms with Crippen LogP contribution >= 0.6 is 0 Å². The van der Waals surface area contributed by atoms with E-state index in [-0.39, 0.29) is 5.91 Å². The van der Waals surface area contributed by atoms with Crippen LogP contribution in [0.1, 0.15) is 26.3 Å². The number of ether oxygens (including phenoxy) is 1. The van der Waals surface area contributed by atoms with Gasteiger partial charge < -0.3 is 15.0 Å². The molecule has 0 saturated heterocycles. The standard InChI is InChI=1S/C20H22N2O2/c1-4-24-15-11-9-14(10-12-15)22-19(23)20(2,3)17-13-21-18-8-6-5-7-16(17)18/h5-13,21H,4H2,1-3H3,(H,22,23). The number of hydrogen-bond donors (Lipinski definition) is 2. The van der Waals surface area contributed by atoms with E-state index in [1.807, 2.05) is 75.5 Å². The third-order valence-electron chi connectivity index (χ3n) is 4.25. The highest BCUT2D eigenvalue weighted by Gasteiger charge is 2.32.